The van der Waals surface area contributed by atoms with Crippen molar-refractivity contribution in [2.75, 3.05) is 0 Å². The summed E-state index contributed by atoms with van der Waals surface area (Å²) in [6.45, 7) is 7.62. The third-order valence-electron chi connectivity index (χ3n) is 4.33. The van der Waals surface area contributed by atoms with Gasteiger partial charge in [0.25, 0.3) is 0 Å². The van der Waals surface area contributed by atoms with Gasteiger partial charge in [-0.3, -0.25) is 0 Å². The van der Waals surface area contributed by atoms with E-state index in [1.165, 1.54) is 63.1 Å². The molecule has 0 aliphatic heterocycles. The highest BCUT2D eigenvalue weighted by atomic mass is 14.0. The zero-order chi connectivity index (χ0) is 16.0. The zero-order valence-corrected chi connectivity index (χ0v) is 14.9. The van der Waals surface area contributed by atoms with Crippen molar-refractivity contribution >= 4 is 12.8 Å². The fourth-order valence-electron chi connectivity index (χ4n) is 2.88. The van der Waals surface area contributed by atoms with Crippen molar-refractivity contribution in [1.82, 2.24) is 0 Å². The first-order valence-corrected chi connectivity index (χ1v) is 9.32. The largest absolute Gasteiger partial charge is 0.180 e. The Morgan fingerprint density at radius 1 is 0.909 bits per heavy atom. The van der Waals surface area contributed by atoms with E-state index in [0.29, 0.717) is 0 Å². The van der Waals surface area contributed by atoms with E-state index >= 15 is 0 Å². The Morgan fingerprint density at radius 3 is 2.05 bits per heavy atom. The average Bonchev–Trinajstić information content (AvgIpc) is 2.57. The molecule has 1 aromatic rings. The van der Waals surface area contributed by atoms with Crippen molar-refractivity contribution < 1.29 is 0 Å². The van der Waals surface area contributed by atoms with Crippen molar-refractivity contribution in [3.05, 3.63) is 47.1 Å². The van der Waals surface area contributed by atoms with Gasteiger partial charge in [-0.1, -0.05) is 108 Å². The quantitative estimate of drug-likeness (QED) is 0.303. The average molecular weight is 296 g/mol. The van der Waals surface area contributed by atoms with Gasteiger partial charge in [-0.2, -0.15) is 0 Å². The van der Waals surface area contributed by atoms with Crippen LogP contribution in [-0.2, 0) is 0 Å². The molecule has 0 spiro atoms. The third kappa shape index (κ3) is 7.71. The molecule has 0 heterocycles. The molecule has 0 N–H and O–H groups in total. The van der Waals surface area contributed by atoms with Gasteiger partial charge in [0.05, 0.1) is 0 Å². The first kappa shape index (κ1) is 18.9. The molecule has 0 amide bonds. The monoisotopic (exact) mass is 296 g/mol. The van der Waals surface area contributed by atoms with Gasteiger partial charge in [-0.15, -0.1) is 5.73 Å². The van der Waals surface area contributed by atoms with Gasteiger partial charge in [-0.25, -0.2) is 0 Å². The minimum atomic E-state index is 0.742. The predicted molar refractivity (Wildman–Crippen MR) is 103 cm³/mol. The summed E-state index contributed by atoms with van der Waals surface area (Å²) >= 11 is 0. The molecule has 0 aliphatic rings. The number of unbranched alkanes of at least 4 members (excludes halogenated alkanes) is 3. The molecule has 0 unspecified atom stereocenters. The van der Waals surface area contributed by atoms with Gasteiger partial charge in [-0.05, 0) is 18.1 Å². The highest BCUT2D eigenvalue weighted by Gasteiger charge is 2.17. The Kier molecular flexibility index (Phi) is 10.6. The number of hydrogen-bond acceptors (Lipinski definition) is 0. The summed E-state index contributed by atoms with van der Waals surface area (Å²) in [5, 5.41) is 0. The molecule has 1 heteroatoms. The maximum Gasteiger partial charge on any atom is 0.180 e. The van der Waals surface area contributed by atoms with Crippen LogP contribution in [0.5, 0.6) is 0 Å². The number of rotatable bonds is 11. The molecule has 1 aromatic carbocycles. The molecule has 0 nitrogen and oxygen atoms in total. The van der Waals surface area contributed by atoms with Crippen LogP contribution >= 0.6 is 0 Å². The van der Waals surface area contributed by atoms with Crippen LogP contribution in [0.1, 0.15) is 71.3 Å². The Balaban J connectivity index is 2.92. The maximum absolute atomic E-state index is 3.68. The molecule has 22 heavy (non-hydrogen) atoms. The Hall–Kier alpha value is -1.20. The SMILES string of the molecule is CCCCB(CCCC)C(=C=Cc1ccccc1)CCCC. The molecule has 0 saturated carbocycles. The van der Waals surface area contributed by atoms with Gasteiger partial charge < -0.3 is 0 Å². The van der Waals surface area contributed by atoms with Crippen LogP contribution in [0.25, 0.3) is 6.08 Å². The highest BCUT2D eigenvalue weighted by molar-refractivity contribution is 6.66. The van der Waals surface area contributed by atoms with E-state index in [-0.39, 0.29) is 0 Å². The summed E-state index contributed by atoms with van der Waals surface area (Å²) in [5.41, 5.74) is 6.51. The topological polar surface area (TPSA) is 0 Å². The fourth-order valence-corrected chi connectivity index (χ4v) is 2.88. The predicted octanol–water partition coefficient (Wildman–Crippen LogP) is 7.05. The molecule has 1 rings (SSSR count). The number of benzene rings is 1. The van der Waals surface area contributed by atoms with Gasteiger partial charge in [0.15, 0.2) is 6.71 Å². The Morgan fingerprint density at radius 2 is 1.50 bits per heavy atom. The summed E-state index contributed by atoms with van der Waals surface area (Å²) in [5.74, 6) is 0. The third-order valence-corrected chi connectivity index (χ3v) is 4.33. The summed E-state index contributed by atoms with van der Waals surface area (Å²) in [7, 11) is 0. The molecule has 0 aromatic heterocycles. The Labute approximate surface area is 138 Å². The summed E-state index contributed by atoms with van der Waals surface area (Å²) in [6.07, 6.45) is 13.9. The van der Waals surface area contributed by atoms with Crippen LogP contribution in [0, 0.1) is 0 Å². The van der Waals surface area contributed by atoms with E-state index < -0.39 is 0 Å². The zero-order valence-electron chi connectivity index (χ0n) is 14.9. The molecule has 0 radical (unpaired) electrons. The van der Waals surface area contributed by atoms with Crippen molar-refractivity contribution in [3.63, 3.8) is 0 Å². The van der Waals surface area contributed by atoms with Gasteiger partial charge in [0.2, 0.25) is 0 Å². The van der Waals surface area contributed by atoms with Gasteiger partial charge in [0.1, 0.15) is 0 Å². The molecule has 120 valence electrons. The van der Waals surface area contributed by atoms with E-state index in [2.05, 4.69) is 62.9 Å². The molecule has 0 aliphatic carbocycles. The van der Waals surface area contributed by atoms with Crippen molar-refractivity contribution in [2.45, 2.75) is 78.4 Å². The standard InChI is InChI=1S/C21H33B/c1-4-7-15-21(17-16-20-13-11-10-12-14-20)22(18-8-5-2)19-9-6-3/h10-14,16H,4-9,15,18-19H2,1-3H3. The van der Waals surface area contributed by atoms with Crippen molar-refractivity contribution in [1.29, 1.82) is 0 Å². The first-order chi connectivity index (χ1) is 10.8. The summed E-state index contributed by atoms with van der Waals surface area (Å²) < 4.78 is 0. The van der Waals surface area contributed by atoms with Crippen LogP contribution in [0.2, 0.25) is 12.6 Å². The van der Waals surface area contributed by atoms with E-state index in [1.54, 1.807) is 5.47 Å². The lowest BCUT2D eigenvalue weighted by molar-refractivity contribution is 0.794. The second-order valence-corrected chi connectivity index (χ2v) is 6.31. The van der Waals surface area contributed by atoms with E-state index in [1.807, 2.05) is 0 Å². The van der Waals surface area contributed by atoms with Crippen LogP contribution in [0.15, 0.2) is 41.5 Å². The van der Waals surface area contributed by atoms with E-state index in [9.17, 15) is 0 Å². The van der Waals surface area contributed by atoms with Gasteiger partial charge in [0, 0.05) is 0 Å². The van der Waals surface area contributed by atoms with Crippen LogP contribution in [-0.4, -0.2) is 6.71 Å². The summed E-state index contributed by atoms with van der Waals surface area (Å²) in [6, 6.07) is 10.6. The lowest BCUT2D eigenvalue weighted by atomic mass is 9.38. The lowest BCUT2D eigenvalue weighted by Gasteiger charge is -2.15. The fraction of sp³-hybridized carbons (Fsp3) is 0.571. The normalized spacial score (nSPS) is 10.1. The molecular weight excluding hydrogens is 263 g/mol. The smallest absolute Gasteiger partial charge is 0.131 e. The van der Waals surface area contributed by atoms with Crippen molar-refractivity contribution in [2.24, 2.45) is 0 Å². The van der Waals surface area contributed by atoms with Crippen molar-refractivity contribution in [3.8, 4) is 0 Å². The molecule has 0 saturated heterocycles. The number of allylic oxidation sites excluding steroid dienone is 1. The lowest BCUT2D eigenvalue weighted by Crippen LogP contribution is -2.16. The molecule has 0 atom stereocenters. The van der Waals surface area contributed by atoms with E-state index in [0.717, 1.165) is 6.71 Å². The first-order valence-electron chi connectivity index (χ1n) is 9.32. The molecule has 0 bridgehead atoms. The minimum Gasteiger partial charge on any atom is -0.131 e. The Bertz CT molecular complexity index is 432. The van der Waals surface area contributed by atoms with E-state index in [4.69, 9.17) is 0 Å². The number of hydrogen-bond donors (Lipinski definition) is 0. The van der Waals surface area contributed by atoms with Crippen LogP contribution in [0.3, 0.4) is 0 Å². The second-order valence-electron chi connectivity index (χ2n) is 6.31. The maximum atomic E-state index is 3.68. The van der Waals surface area contributed by atoms with Crippen LogP contribution < -0.4 is 0 Å². The molecular formula is C21H33B. The molecule has 0 fully saturated rings. The minimum absolute atomic E-state index is 0.742. The second kappa shape index (κ2) is 12.4. The highest BCUT2D eigenvalue weighted by Crippen LogP contribution is 2.21. The van der Waals surface area contributed by atoms with Gasteiger partial charge >= 0.3 is 0 Å². The van der Waals surface area contributed by atoms with Crippen LogP contribution in [0.4, 0.5) is 0 Å². The summed E-state index contributed by atoms with van der Waals surface area (Å²) in [4.78, 5) is 0.